The first-order chi connectivity index (χ1) is 9.88. The third-order valence-corrected chi connectivity index (χ3v) is 3.21. The van der Waals surface area contributed by atoms with Crippen LogP contribution < -0.4 is 0 Å². The Morgan fingerprint density at radius 1 is 0.905 bits per heavy atom. The highest BCUT2D eigenvalue weighted by molar-refractivity contribution is 6.04. The van der Waals surface area contributed by atoms with Crippen LogP contribution in [0.1, 0.15) is 69.2 Å². The van der Waals surface area contributed by atoms with Gasteiger partial charge in [-0.3, -0.25) is 0 Å². The number of aryl methyl sites for hydroxylation is 1. The molecule has 6 nitrogen and oxygen atoms in total. The highest BCUT2D eigenvalue weighted by Gasteiger charge is 2.23. The summed E-state index contributed by atoms with van der Waals surface area (Å²) < 4.78 is 0. The molecule has 6 heteroatoms. The van der Waals surface area contributed by atoms with Gasteiger partial charge in [0, 0.05) is 0 Å². The second-order valence-electron chi connectivity index (χ2n) is 4.78. The van der Waals surface area contributed by atoms with Crippen molar-refractivity contribution in [2.75, 3.05) is 0 Å². The van der Waals surface area contributed by atoms with Crippen molar-refractivity contribution in [3.05, 3.63) is 34.4 Å². The maximum Gasteiger partial charge on any atom is 0.336 e. The number of hydrogen-bond donors (Lipinski definition) is 3. The van der Waals surface area contributed by atoms with Gasteiger partial charge in [-0.05, 0) is 30.5 Å². The molecule has 0 spiro atoms. The van der Waals surface area contributed by atoms with Crippen LogP contribution >= 0.6 is 0 Å². The van der Waals surface area contributed by atoms with Crippen molar-refractivity contribution in [1.29, 1.82) is 0 Å². The quantitative estimate of drug-likeness (QED) is 0.635. The molecule has 21 heavy (non-hydrogen) atoms. The Morgan fingerprint density at radius 3 is 2.05 bits per heavy atom. The fraction of sp³-hybridized carbons (Fsp3) is 0.400. The highest BCUT2D eigenvalue weighted by atomic mass is 16.4. The molecule has 0 amide bonds. The van der Waals surface area contributed by atoms with Gasteiger partial charge in [0.05, 0.1) is 16.7 Å². The molecule has 114 valence electrons. The summed E-state index contributed by atoms with van der Waals surface area (Å²) in [5.41, 5.74) is -0.740. The lowest BCUT2D eigenvalue weighted by Crippen LogP contribution is -2.14. The summed E-state index contributed by atoms with van der Waals surface area (Å²) in [6.45, 7) is 2.04. The van der Waals surface area contributed by atoms with Crippen LogP contribution in [0.5, 0.6) is 0 Å². The summed E-state index contributed by atoms with van der Waals surface area (Å²) in [5.74, 6) is -4.07. The topological polar surface area (TPSA) is 112 Å². The molecule has 1 aromatic rings. The summed E-state index contributed by atoms with van der Waals surface area (Å²) in [6.07, 6.45) is 3.93. The maximum absolute atomic E-state index is 11.3. The van der Waals surface area contributed by atoms with Gasteiger partial charge in [0.25, 0.3) is 0 Å². The van der Waals surface area contributed by atoms with Crippen LogP contribution in [0.15, 0.2) is 12.1 Å². The maximum atomic E-state index is 11.3. The lowest BCUT2D eigenvalue weighted by atomic mass is 9.93. The van der Waals surface area contributed by atoms with Gasteiger partial charge in [-0.1, -0.05) is 26.2 Å². The highest BCUT2D eigenvalue weighted by Crippen LogP contribution is 2.21. The van der Waals surface area contributed by atoms with E-state index in [9.17, 15) is 19.5 Å². The largest absolute Gasteiger partial charge is 0.478 e. The van der Waals surface area contributed by atoms with Gasteiger partial charge in [0.1, 0.15) is 0 Å². The molecule has 0 aliphatic carbocycles. The van der Waals surface area contributed by atoms with Gasteiger partial charge in [0.15, 0.2) is 0 Å². The number of carboxylic acids is 3. The summed E-state index contributed by atoms with van der Waals surface area (Å²) in [7, 11) is 0. The van der Waals surface area contributed by atoms with Crippen molar-refractivity contribution in [1.82, 2.24) is 0 Å². The first-order valence-electron chi connectivity index (χ1n) is 6.75. The van der Waals surface area contributed by atoms with Crippen LogP contribution in [0.3, 0.4) is 0 Å². The van der Waals surface area contributed by atoms with Crippen LogP contribution in [0.4, 0.5) is 0 Å². The molecule has 0 heterocycles. The fourth-order valence-corrected chi connectivity index (χ4v) is 2.19. The third-order valence-electron chi connectivity index (χ3n) is 3.21. The Labute approximate surface area is 122 Å². The molecule has 0 aliphatic rings. The Bertz CT molecular complexity index is 562. The monoisotopic (exact) mass is 294 g/mol. The molecule has 0 fully saturated rings. The minimum absolute atomic E-state index is 0.206. The lowest BCUT2D eigenvalue weighted by molar-refractivity contribution is 0.0648. The van der Waals surface area contributed by atoms with Crippen LogP contribution in [-0.4, -0.2) is 33.2 Å². The fourth-order valence-electron chi connectivity index (χ4n) is 2.19. The molecule has 0 unspecified atom stereocenters. The molecular formula is C15H18O6. The van der Waals surface area contributed by atoms with Crippen LogP contribution in [-0.2, 0) is 6.42 Å². The summed E-state index contributed by atoms with van der Waals surface area (Å²) in [5, 5.41) is 27.3. The SMILES string of the molecule is CCCCCCc1cc(C(=O)O)cc(C(=O)O)c1C(=O)O. The summed E-state index contributed by atoms with van der Waals surface area (Å²) in [6, 6.07) is 2.15. The predicted molar refractivity (Wildman–Crippen MR) is 75.2 cm³/mol. The van der Waals surface area contributed by atoms with E-state index in [1.165, 1.54) is 6.07 Å². The molecule has 3 N–H and O–H groups in total. The van der Waals surface area contributed by atoms with Crippen LogP contribution in [0.25, 0.3) is 0 Å². The van der Waals surface area contributed by atoms with E-state index in [2.05, 4.69) is 0 Å². The molecule has 0 atom stereocenters. The van der Waals surface area contributed by atoms with Crippen molar-refractivity contribution in [3.8, 4) is 0 Å². The normalized spacial score (nSPS) is 10.3. The molecule has 1 rings (SSSR count). The van der Waals surface area contributed by atoms with Crippen LogP contribution in [0.2, 0.25) is 0 Å². The Morgan fingerprint density at radius 2 is 1.57 bits per heavy atom. The summed E-state index contributed by atoms with van der Waals surface area (Å²) >= 11 is 0. The molecule has 0 aromatic heterocycles. The molecular weight excluding hydrogens is 276 g/mol. The Kier molecular flexibility index (Phi) is 5.90. The van der Waals surface area contributed by atoms with Gasteiger partial charge in [-0.2, -0.15) is 0 Å². The molecule has 0 radical (unpaired) electrons. The molecule has 0 aliphatic heterocycles. The van der Waals surface area contributed by atoms with E-state index in [1.807, 2.05) is 6.92 Å². The van der Waals surface area contributed by atoms with E-state index in [1.54, 1.807) is 0 Å². The van der Waals surface area contributed by atoms with Crippen molar-refractivity contribution >= 4 is 17.9 Å². The van der Waals surface area contributed by atoms with Crippen molar-refractivity contribution in [2.24, 2.45) is 0 Å². The third kappa shape index (κ3) is 4.30. The van der Waals surface area contributed by atoms with E-state index in [0.717, 1.165) is 25.3 Å². The molecule has 0 bridgehead atoms. The van der Waals surface area contributed by atoms with Crippen molar-refractivity contribution in [2.45, 2.75) is 39.0 Å². The van der Waals surface area contributed by atoms with Crippen molar-refractivity contribution in [3.63, 3.8) is 0 Å². The predicted octanol–water partition coefficient (Wildman–Crippen LogP) is 2.90. The van der Waals surface area contributed by atoms with E-state index in [4.69, 9.17) is 10.2 Å². The van der Waals surface area contributed by atoms with Gasteiger partial charge in [0.2, 0.25) is 0 Å². The molecule has 0 saturated carbocycles. The molecule has 1 aromatic carbocycles. The zero-order valence-corrected chi connectivity index (χ0v) is 11.8. The number of unbranched alkanes of at least 4 members (excludes halogenated alkanes) is 3. The van der Waals surface area contributed by atoms with Gasteiger partial charge in [-0.15, -0.1) is 0 Å². The number of carbonyl (C=O) groups is 3. The average Bonchev–Trinajstić information content (AvgIpc) is 2.42. The van der Waals surface area contributed by atoms with E-state index >= 15 is 0 Å². The zero-order chi connectivity index (χ0) is 16.0. The van der Waals surface area contributed by atoms with Crippen LogP contribution in [0, 0.1) is 0 Å². The van der Waals surface area contributed by atoms with E-state index in [-0.39, 0.29) is 16.7 Å². The first-order valence-corrected chi connectivity index (χ1v) is 6.75. The zero-order valence-electron chi connectivity index (χ0n) is 11.8. The van der Waals surface area contributed by atoms with Gasteiger partial charge < -0.3 is 15.3 Å². The first kappa shape index (κ1) is 16.7. The Balaban J connectivity index is 3.26. The number of carboxylic acid groups (broad SMARTS) is 3. The van der Waals surface area contributed by atoms with Crippen molar-refractivity contribution < 1.29 is 29.7 Å². The number of rotatable bonds is 8. The smallest absolute Gasteiger partial charge is 0.336 e. The standard InChI is InChI=1S/C15H18O6/c1-2-3-4-5-6-9-7-10(13(16)17)8-11(14(18)19)12(9)15(20)21/h7-8H,2-6H2,1H3,(H,16,17)(H,18,19)(H,20,21). The van der Waals surface area contributed by atoms with Gasteiger partial charge >= 0.3 is 17.9 Å². The lowest BCUT2D eigenvalue weighted by Gasteiger charge is -2.11. The summed E-state index contributed by atoms with van der Waals surface area (Å²) in [4.78, 5) is 33.5. The minimum Gasteiger partial charge on any atom is -0.478 e. The molecule has 0 saturated heterocycles. The Hall–Kier alpha value is -2.37. The van der Waals surface area contributed by atoms with Gasteiger partial charge in [-0.25, -0.2) is 14.4 Å². The second kappa shape index (κ2) is 7.42. The minimum atomic E-state index is -1.44. The second-order valence-corrected chi connectivity index (χ2v) is 4.78. The van der Waals surface area contributed by atoms with E-state index in [0.29, 0.717) is 12.8 Å². The number of hydrogen-bond acceptors (Lipinski definition) is 3. The van der Waals surface area contributed by atoms with E-state index < -0.39 is 23.5 Å². The number of aromatic carboxylic acids is 3. The number of benzene rings is 1. The average molecular weight is 294 g/mol.